The smallest absolute Gasteiger partial charge is 0.243 e. The predicted molar refractivity (Wildman–Crippen MR) is 153 cm³/mol. The number of amides is 5. The monoisotopic (exact) mass is 603 g/mol. The lowest BCUT2D eigenvalue weighted by atomic mass is 9.96. The fourth-order valence-corrected chi connectivity index (χ4v) is 4.48. The molecular formula is C27H34ClN7O7. The van der Waals surface area contributed by atoms with E-state index in [0.29, 0.717) is 27.3 Å². The molecule has 1 heterocycles. The van der Waals surface area contributed by atoms with Crippen LogP contribution in [-0.4, -0.2) is 83.6 Å². The maximum absolute atomic E-state index is 13.4. The maximum atomic E-state index is 13.4. The minimum absolute atomic E-state index is 0.0669. The van der Waals surface area contributed by atoms with E-state index in [0.717, 1.165) is 0 Å². The Bertz CT molecular complexity index is 1360. The van der Waals surface area contributed by atoms with Crippen molar-refractivity contribution in [2.45, 2.75) is 43.5 Å². The van der Waals surface area contributed by atoms with Gasteiger partial charge in [0.2, 0.25) is 29.5 Å². The van der Waals surface area contributed by atoms with Gasteiger partial charge in [0.15, 0.2) is 0 Å². The number of aliphatic hydroxyl groups excluding tert-OH is 1. The Morgan fingerprint density at radius 2 is 1.64 bits per heavy atom. The van der Waals surface area contributed by atoms with Crippen LogP contribution in [0.15, 0.2) is 36.4 Å². The van der Waals surface area contributed by atoms with Gasteiger partial charge in [0.05, 0.1) is 25.2 Å². The molecule has 14 nitrogen and oxygen atoms in total. The van der Waals surface area contributed by atoms with Crippen LogP contribution in [0.4, 0.5) is 0 Å². The first-order chi connectivity index (χ1) is 19.9. The summed E-state index contributed by atoms with van der Waals surface area (Å²) < 4.78 is 0. The molecular weight excluding hydrogens is 570 g/mol. The lowest BCUT2D eigenvalue weighted by molar-refractivity contribution is -0.133. The molecule has 2 aromatic rings. The van der Waals surface area contributed by atoms with E-state index in [2.05, 4.69) is 21.3 Å². The zero-order valence-electron chi connectivity index (χ0n) is 22.6. The minimum Gasteiger partial charge on any atom is -0.508 e. The van der Waals surface area contributed by atoms with E-state index in [1.807, 2.05) is 0 Å². The standard InChI is InChI=1S/C27H34ClN7O7/c28-18-3-1-13-5-15(18)8-20(26(41)33-12-24(39)32-11-23(31)38)35-27(42)21(9-17(36)10-29)34-25(40)19(30)7-16-6-14(13)2-4-22(16)37/h1-6,17,19-21,36-37H,7-12,29-30H2,(H2,31,38)(H,32,39)(H,33,41)(H,34,40)(H,35,42)/t17-,19+,20+,21+/m1/s1. The van der Waals surface area contributed by atoms with Crippen LogP contribution in [0.1, 0.15) is 17.5 Å². The van der Waals surface area contributed by atoms with Gasteiger partial charge >= 0.3 is 0 Å². The van der Waals surface area contributed by atoms with Crippen molar-refractivity contribution < 1.29 is 34.2 Å². The van der Waals surface area contributed by atoms with Crippen molar-refractivity contribution >= 4 is 41.1 Å². The Kier molecular flexibility index (Phi) is 11.2. The van der Waals surface area contributed by atoms with Crippen molar-refractivity contribution in [2.24, 2.45) is 17.2 Å². The Morgan fingerprint density at radius 1 is 0.976 bits per heavy atom. The van der Waals surface area contributed by atoms with Crippen LogP contribution in [-0.2, 0) is 36.8 Å². The van der Waals surface area contributed by atoms with Crippen molar-refractivity contribution in [3.63, 3.8) is 0 Å². The van der Waals surface area contributed by atoms with Gasteiger partial charge in [-0.15, -0.1) is 0 Å². The van der Waals surface area contributed by atoms with Crippen molar-refractivity contribution in [3.8, 4) is 16.9 Å². The van der Waals surface area contributed by atoms with Crippen LogP contribution in [0.2, 0.25) is 5.02 Å². The molecule has 2 aromatic carbocycles. The molecule has 1 aliphatic rings. The SMILES string of the molecule is NC[C@H](O)C[C@@H]1NC(=O)[C@@H](N)Cc2cc(ccc2O)-c2ccc(Cl)c(c2)C[C@@H](C(=O)NCC(=O)NCC(N)=O)NC1=O. The minimum atomic E-state index is -1.34. The van der Waals surface area contributed by atoms with Gasteiger partial charge in [-0.25, -0.2) is 0 Å². The molecule has 0 radical (unpaired) electrons. The number of hydrogen-bond donors (Lipinski definition) is 9. The molecule has 4 bridgehead atoms. The van der Waals surface area contributed by atoms with Gasteiger partial charge in [0, 0.05) is 30.8 Å². The first-order valence-corrected chi connectivity index (χ1v) is 13.4. The predicted octanol–water partition coefficient (Wildman–Crippen LogP) is -2.46. The van der Waals surface area contributed by atoms with Crippen LogP contribution in [0.5, 0.6) is 5.75 Å². The number of carbonyl (C=O) groups excluding carboxylic acids is 5. The Hall–Kier alpha value is -4.24. The lowest BCUT2D eigenvalue weighted by Gasteiger charge is -2.25. The third-order valence-corrected chi connectivity index (χ3v) is 6.96. The van der Waals surface area contributed by atoms with Crippen molar-refractivity contribution in [2.75, 3.05) is 19.6 Å². The molecule has 12 N–H and O–H groups in total. The third-order valence-electron chi connectivity index (χ3n) is 6.59. The van der Waals surface area contributed by atoms with Crippen LogP contribution < -0.4 is 38.5 Å². The fraction of sp³-hybridized carbons (Fsp3) is 0.370. The number of benzene rings is 2. The molecule has 0 unspecified atom stereocenters. The average Bonchev–Trinajstić information content (AvgIpc) is 2.95. The molecule has 226 valence electrons. The highest BCUT2D eigenvalue weighted by Gasteiger charge is 2.31. The van der Waals surface area contributed by atoms with Crippen LogP contribution in [0, 0.1) is 0 Å². The van der Waals surface area contributed by atoms with Gasteiger partial charge in [0.1, 0.15) is 17.8 Å². The normalized spacial score (nSPS) is 19.8. The van der Waals surface area contributed by atoms with E-state index < -0.39 is 66.9 Å². The second kappa shape index (κ2) is 14.6. The summed E-state index contributed by atoms with van der Waals surface area (Å²) >= 11 is 6.46. The lowest BCUT2D eigenvalue weighted by Crippen LogP contribution is -2.57. The number of nitrogens with two attached hydrogens (primary N) is 3. The molecule has 0 saturated heterocycles. The average molecular weight is 604 g/mol. The molecule has 42 heavy (non-hydrogen) atoms. The highest BCUT2D eigenvalue weighted by atomic mass is 35.5. The summed E-state index contributed by atoms with van der Waals surface area (Å²) in [6.07, 6.45) is -1.66. The number of phenols is 1. The van der Waals surface area contributed by atoms with Gasteiger partial charge in [-0.2, -0.15) is 0 Å². The summed E-state index contributed by atoms with van der Waals surface area (Å²) in [5.41, 5.74) is 18.8. The molecule has 0 saturated carbocycles. The number of aliphatic hydroxyl groups is 1. The summed E-state index contributed by atoms with van der Waals surface area (Å²) in [5, 5.41) is 30.6. The number of hydrogen-bond acceptors (Lipinski definition) is 9. The highest BCUT2D eigenvalue weighted by molar-refractivity contribution is 6.31. The molecule has 3 rings (SSSR count). The Morgan fingerprint density at radius 3 is 2.31 bits per heavy atom. The molecule has 0 aliphatic carbocycles. The fourth-order valence-electron chi connectivity index (χ4n) is 4.29. The molecule has 5 amide bonds. The summed E-state index contributed by atoms with van der Waals surface area (Å²) in [4.78, 5) is 62.6. The maximum Gasteiger partial charge on any atom is 0.243 e. The largest absolute Gasteiger partial charge is 0.508 e. The van der Waals surface area contributed by atoms with E-state index in [4.69, 9.17) is 28.8 Å². The summed E-state index contributed by atoms with van der Waals surface area (Å²) in [6.45, 7) is -1.16. The van der Waals surface area contributed by atoms with Crippen molar-refractivity contribution in [3.05, 3.63) is 52.5 Å². The number of carbonyl (C=O) groups is 5. The summed E-state index contributed by atoms with van der Waals surface area (Å²) in [6, 6.07) is 6.03. The Balaban J connectivity index is 2.02. The van der Waals surface area contributed by atoms with Gasteiger partial charge in [-0.3, -0.25) is 24.0 Å². The zero-order chi connectivity index (χ0) is 31.0. The summed E-state index contributed by atoms with van der Waals surface area (Å²) in [5.74, 6) is -3.88. The van der Waals surface area contributed by atoms with E-state index in [1.165, 1.54) is 6.07 Å². The number of aromatic hydroxyl groups is 1. The topological polar surface area (TPSA) is 252 Å². The first-order valence-electron chi connectivity index (χ1n) is 13.1. The number of fused-ring (bicyclic) bond motifs is 5. The number of primary amides is 1. The third kappa shape index (κ3) is 8.88. The number of phenolic OH excluding ortho intramolecular Hbond substituents is 1. The van der Waals surface area contributed by atoms with Gasteiger partial charge < -0.3 is 48.7 Å². The van der Waals surface area contributed by atoms with E-state index in [1.54, 1.807) is 30.3 Å². The number of halogens is 1. The molecule has 4 atom stereocenters. The number of rotatable bonds is 8. The second-order valence-electron chi connectivity index (χ2n) is 9.87. The molecule has 1 aliphatic heterocycles. The highest BCUT2D eigenvalue weighted by Crippen LogP contribution is 2.30. The molecule has 0 spiro atoms. The quantitative estimate of drug-likeness (QED) is 0.155. The first kappa shape index (κ1) is 32.3. The summed E-state index contributed by atoms with van der Waals surface area (Å²) in [7, 11) is 0. The molecule has 0 aromatic heterocycles. The molecule has 0 fully saturated rings. The number of nitrogens with one attached hydrogen (secondary N) is 4. The van der Waals surface area contributed by atoms with Gasteiger partial charge in [-0.1, -0.05) is 23.7 Å². The Labute approximate surface area is 246 Å². The van der Waals surface area contributed by atoms with E-state index in [-0.39, 0.29) is 31.6 Å². The molecule has 15 heteroatoms. The van der Waals surface area contributed by atoms with Crippen molar-refractivity contribution in [1.82, 2.24) is 21.3 Å². The van der Waals surface area contributed by atoms with E-state index in [9.17, 15) is 34.2 Å². The van der Waals surface area contributed by atoms with Crippen molar-refractivity contribution in [1.29, 1.82) is 0 Å². The van der Waals surface area contributed by atoms with Crippen LogP contribution in [0.25, 0.3) is 11.1 Å². The van der Waals surface area contributed by atoms with Gasteiger partial charge in [0.25, 0.3) is 0 Å². The van der Waals surface area contributed by atoms with Gasteiger partial charge in [-0.05, 0) is 46.5 Å². The van der Waals surface area contributed by atoms with Crippen LogP contribution >= 0.6 is 11.6 Å². The zero-order valence-corrected chi connectivity index (χ0v) is 23.3. The van der Waals surface area contributed by atoms with Crippen LogP contribution in [0.3, 0.4) is 0 Å². The van der Waals surface area contributed by atoms with E-state index >= 15 is 0 Å². The second-order valence-corrected chi connectivity index (χ2v) is 10.3.